The number of pyridine rings is 1. The van der Waals surface area contributed by atoms with Crippen LogP contribution in [-0.2, 0) is 4.79 Å². The van der Waals surface area contributed by atoms with Crippen LogP contribution in [0, 0.1) is 6.92 Å². The number of anilines is 3. The Hall–Kier alpha value is -4.21. The van der Waals surface area contributed by atoms with Gasteiger partial charge in [0.15, 0.2) is 0 Å². The van der Waals surface area contributed by atoms with Crippen LogP contribution in [0.1, 0.15) is 30.9 Å². The number of nitrogens with one attached hydrogen (secondary N) is 3. The number of fused-ring (bicyclic) bond motifs is 1. The van der Waals surface area contributed by atoms with Gasteiger partial charge < -0.3 is 21.7 Å². The Bertz CT molecular complexity index is 1550. The molecule has 206 valence electrons. The second-order valence-corrected chi connectivity index (χ2v) is 10.9. The fraction of sp³-hybridized carbons (Fsp3) is 0.258. The topological polar surface area (TPSA) is 112 Å². The van der Waals surface area contributed by atoms with E-state index >= 15 is 0 Å². The van der Waals surface area contributed by atoms with Crippen molar-refractivity contribution in [3.05, 3.63) is 77.3 Å². The summed E-state index contributed by atoms with van der Waals surface area (Å²) in [7, 11) is 0. The maximum Gasteiger partial charge on any atom is 0.323 e. The van der Waals surface area contributed by atoms with Crippen molar-refractivity contribution in [2.75, 3.05) is 36.0 Å². The molecule has 1 fully saturated rings. The van der Waals surface area contributed by atoms with E-state index in [0.29, 0.717) is 24.1 Å². The molecule has 3 amide bonds. The first-order valence-electron chi connectivity index (χ1n) is 13.5. The number of carbonyl (C=O) groups excluding carboxylic acids is 2. The van der Waals surface area contributed by atoms with E-state index in [4.69, 9.17) is 5.73 Å². The first kappa shape index (κ1) is 27.4. The maximum atomic E-state index is 12.5. The van der Waals surface area contributed by atoms with Gasteiger partial charge in [0.2, 0.25) is 5.91 Å². The molecule has 1 atom stereocenters. The van der Waals surface area contributed by atoms with Crippen molar-refractivity contribution in [1.82, 2.24) is 15.2 Å². The molecule has 8 nitrogen and oxygen atoms in total. The lowest BCUT2D eigenvalue weighted by atomic mass is 10.0. The van der Waals surface area contributed by atoms with E-state index < -0.39 is 0 Å². The second-order valence-electron chi connectivity index (χ2n) is 9.98. The fourth-order valence-electron chi connectivity index (χ4n) is 5.15. The normalized spacial score (nSPS) is 15.5. The van der Waals surface area contributed by atoms with Crippen LogP contribution in [0.25, 0.3) is 27.3 Å². The summed E-state index contributed by atoms with van der Waals surface area (Å²) in [6, 6.07) is 15.4. The van der Waals surface area contributed by atoms with Crippen molar-refractivity contribution in [3.8, 4) is 11.1 Å². The van der Waals surface area contributed by atoms with Gasteiger partial charge in [0, 0.05) is 57.4 Å². The van der Waals surface area contributed by atoms with E-state index in [9.17, 15) is 9.59 Å². The first-order chi connectivity index (χ1) is 19.4. The van der Waals surface area contributed by atoms with E-state index in [2.05, 4.69) is 32.8 Å². The number of benzene rings is 2. The van der Waals surface area contributed by atoms with Gasteiger partial charge in [-0.2, -0.15) is 0 Å². The van der Waals surface area contributed by atoms with Gasteiger partial charge in [0.25, 0.3) is 0 Å². The van der Waals surface area contributed by atoms with Crippen molar-refractivity contribution < 1.29 is 9.59 Å². The molecule has 40 heavy (non-hydrogen) atoms. The van der Waals surface area contributed by atoms with Crippen LogP contribution in [0.3, 0.4) is 0 Å². The van der Waals surface area contributed by atoms with Crippen LogP contribution in [0.5, 0.6) is 0 Å². The summed E-state index contributed by atoms with van der Waals surface area (Å²) in [5, 5.41) is 11.7. The van der Waals surface area contributed by atoms with Crippen LogP contribution >= 0.6 is 11.3 Å². The average Bonchev–Trinajstić information content (AvgIpc) is 3.60. The molecule has 1 unspecified atom stereocenters. The van der Waals surface area contributed by atoms with Crippen molar-refractivity contribution in [2.45, 2.75) is 32.7 Å². The van der Waals surface area contributed by atoms with Crippen LogP contribution < -0.4 is 21.7 Å². The van der Waals surface area contributed by atoms with Gasteiger partial charge >= 0.3 is 6.03 Å². The van der Waals surface area contributed by atoms with Crippen LogP contribution in [0.4, 0.5) is 22.0 Å². The summed E-state index contributed by atoms with van der Waals surface area (Å²) < 4.78 is 0.972. The van der Waals surface area contributed by atoms with Gasteiger partial charge in [-0.05, 0) is 79.7 Å². The summed E-state index contributed by atoms with van der Waals surface area (Å²) in [5.74, 6) is 0.327. The highest BCUT2D eigenvalue weighted by molar-refractivity contribution is 7.18. The molecule has 0 radical (unpaired) electrons. The smallest absolute Gasteiger partial charge is 0.323 e. The number of amides is 3. The molecule has 1 aliphatic rings. The number of hydrogen-bond acceptors (Lipinski definition) is 6. The third-order valence-corrected chi connectivity index (χ3v) is 8.24. The lowest BCUT2D eigenvalue weighted by Crippen LogP contribution is -2.39. The Morgan fingerprint density at radius 2 is 1.95 bits per heavy atom. The summed E-state index contributed by atoms with van der Waals surface area (Å²) in [6.45, 7) is 6.91. The molecule has 5 N–H and O–H groups in total. The zero-order chi connectivity index (χ0) is 28.1. The van der Waals surface area contributed by atoms with E-state index in [1.807, 2.05) is 60.8 Å². The molecule has 0 saturated carbocycles. The van der Waals surface area contributed by atoms with Gasteiger partial charge in [-0.3, -0.25) is 9.69 Å². The molecule has 9 heteroatoms. The molecular weight excluding hydrogens is 520 g/mol. The number of nitrogens with two attached hydrogens (primary N) is 1. The van der Waals surface area contributed by atoms with Gasteiger partial charge in [0.1, 0.15) is 5.82 Å². The molecule has 0 aliphatic carbocycles. The van der Waals surface area contributed by atoms with Crippen molar-refractivity contribution in [1.29, 1.82) is 0 Å². The Kier molecular flexibility index (Phi) is 8.42. The molecular formula is C31H34N6O2S. The number of hydrogen-bond donors (Lipinski definition) is 4. The largest absolute Gasteiger partial charge is 0.383 e. The Balaban J connectivity index is 1.26. The van der Waals surface area contributed by atoms with Crippen molar-refractivity contribution >= 4 is 56.6 Å². The number of nitrogen functional groups attached to an aromatic ring is 1. The predicted octanol–water partition coefficient (Wildman–Crippen LogP) is 6.11. The van der Waals surface area contributed by atoms with Gasteiger partial charge in [-0.1, -0.05) is 31.2 Å². The fourth-order valence-corrected chi connectivity index (χ4v) is 6.23. The number of carbonyl (C=O) groups is 2. The SMILES string of the molecule is CCN1CCCC1CNC(=O)C=Cc1cnc(N)c2c(-c3ccc(NC(=O)Nc4cccc(C)c4)cc3)csc12. The number of aryl methyl sites for hydroxylation is 1. The molecule has 0 spiro atoms. The summed E-state index contributed by atoms with van der Waals surface area (Å²) in [5.41, 5.74) is 11.6. The number of likely N-dealkylation sites (tertiary alicyclic amines) is 1. The van der Waals surface area contributed by atoms with E-state index in [1.165, 1.54) is 6.42 Å². The minimum Gasteiger partial charge on any atom is -0.383 e. The molecule has 0 bridgehead atoms. The quantitative estimate of drug-likeness (QED) is 0.196. The third kappa shape index (κ3) is 6.32. The zero-order valence-electron chi connectivity index (χ0n) is 22.7. The highest BCUT2D eigenvalue weighted by Gasteiger charge is 2.22. The predicted molar refractivity (Wildman–Crippen MR) is 166 cm³/mol. The molecule has 4 aromatic rings. The van der Waals surface area contributed by atoms with E-state index in [-0.39, 0.29) is 11.9 Å². The third-order valence-electron chi connectivity index (χ3n) is 7.21. The summed E-state index contributed by atoms with van der Waals surface area (Å²) in [6.07, 6.45) is 7.38. The van der Waals surface area contributed by atoms with Crippen LogP contribution in [0.2, 0.25) is 0 Å². The first-order valence-corrected chi connectivity index (χ1v) is 14.4. The number of likely N-dealkylation sites (N-methyl/N-ethyl adjacent to an activating group) is 1. The average molecular weight is 555 g/mol. The van der Waals surface area contributed by atoms with Crippen LogP contribution in [-0.4, -0.2) is 47.5 Å². The molecule has 2 aromatic heterocycles. The Morgan fingerprint density at radius 3 is 2.73 bits per heavy atom. The number of aromatic nitrogens is 1. The van der Waals surface area contributed by atoms with Gasteiger partial charge in [-0.15, -0.1) is 11.3 Å². The van der Waals surface area contributed by atoms with Gasteiger partial charge in [0.05, 0.1) is 0 Å². The summed E-state index contributed by atoms with van der Waals surface area (Å²) >= 11 is 1.57. The molecule has 2 aromatic carbocycles. The molecule has 1 saturated heterocycles. The van der Waals surface area contributed by atoms with E-state index in [0.717, 1.165) is 57.5 Å². The monoisotopic (exact) mass is 554 g/mol. The van der Waals surface area contributed by atoms with Crippen molar-refractivity contribution in [2.24, 2.45) is 0 Å². The number of rotatable bonds is 8. The molecule has 1 aliphatic heterocycles. The Morgan fingerprint density at radius 1 is 1.15 bits per heavy atom. The van der Waals surface area contributed by atoms with Crippen molar-refractivity contribution in [3.63, 3.8) is 0 Å². The number of urea groups is 1. The van der Waals surface area contributed by atoms with Crippen LogP contribution in [0.15, 0.2) is 66.2 Å². The number of thiophene rings is 1. The van der Waals surface area contributed by atoms with E-state index in [1.54, 1.807) is 29.7 Å². The number of nitrogens with zero attached hydrogens (tertiary/aromatic N) is 2. The minimum absolute atomic E-state index is 0.112. The highest BCUT2D eigenvalue weighted by atomic mass is 32.1. The lowest BCUT2D eigenvalue weighted by Gasteiger charge is -2.22. The highest BCUT2D eigenvalue weighted by Crippen LogP contribution is 2.39. The maximum absolute atomic E-state index is 12.5. The standard InChI is InChI=1S/C31H34N6O2S/c1-3-37-15-5-8-25(37)18-33-27(38)14-11-22-17-34-30(32)28-26(19-40-29(22)28)21-9-12-23(13-10-21)35-31(39)36-24-7-4-6-20(2)16-24/h4,6-7,9-14,16-17,19,25H,3,5,8,15,18H2,1-2H3,(H2,32,34)(H,33,38)(H2,35,36,39). The summed E-state index contributed by atoms with van der Waals surface area (Å²) in [4.78, 5) is 31.8. The molecule has 5 rings (SSSR count). The minimum atomic E-state index is -0.306. The zero-order valence-corrected chi connectivity index (χ0v) is 23.6. The molecule has 3 heterocycles. The van der Waals surface area contributed by atoms with Gasteiger partial charge in [-0.25, -0.2) is 9.78 Å². The Labute approximate surface area is 238 Å². The second kappa shape index (κ2) is 12.3. The lowest BCUT2D eigenvalue weighted by molar-refractivity contribution is -0.116.